The highest BCUT2D eigenvalue weighted by Crippen LogP contribution is 2.31. The van der Waals surface area contributed by atoms with Gasteiger partial charge in [0.25, 0.3) is 0 Å². The number of anilines is 2. The van der Waals surface area contributed by atoms with Gasteiger partial charge in [0.15, 0.2) is 5.78 Å². The van der Waals surface area contributed by atoms with Gasteiger partial charge in [0.2, 0.25) is 5.91 Å². The zero-order valence-electron chi connectivity index (χ0n) is 14.7. The van der Waals surface area contributed by atoms with Crippen LogP contribution in [-0.2, 0) is 18.3 Å². The summed E-state index contributed by atoms with van der Waals surface area (Å²) in [6.45, 7) is 1.94. The number of hydrogen-bond acceptors (Lipinski definition) is 4. The molecule has 2 heterocycles. The molecule has 0 saturated heterocycles. The second-order valence-electron chi connectivity index (χ2n) is 6.82. The van der Waals surface area contributed by atoms with Gasteiger partial charge in [0.1, 0.15) is 0 Å². The monoisotopic (exact) mass is 348 g/mol. The molecule has 0 saturated carbocycles. The van der Waals surface area contributed by atoms with E-state index in [1.165, 1.54) is 0 Å². The van der Waals surface area contributed by atoms with E-state index in [4.69, 9.17) is 0 Å². The molecule has 0 fully saturated rings. The Morgan fingerprint density at radius 1 is 1.31 bits per heavy atom. The second kappa shape index (κ2) is 6.29. The largest absolute Gasteiger partial charge is 0.380 e. The number of Topliss-reactive ketones (excluding diaryl/α,β-unsaturated/α-hetero) is 1. The van der Waals surface area contributed by atoms with Crippen LogP contribution in [0.15, 0.2) is 42.6 Å². The summed E-state index contributed by atoms with van der Waals surface area (Å²) >= 11 is 0. The van der Waals surface area contributed by atoms with Crippen LogP contribution < -0.4 is 10.6 Å². The highest BCUT2D eigenvalue weighted by atomic mass is 16.1. The van der Waals surface area contributed by atoms with E-state index < -0.39 is 0 Å². The molecule has 0 spiro atoms. The molecule has 0 aliphatic carbocycles. The van der Waals surface area contributed by atoms with Gasteiger partial charge >= 0.3 is 0 Å². The van der Waals surface area contributed by atoms with Gasteiger partial charge in [-0.05, 0) is 30.7 Å². The molecule has 6 nitrogen and oxygen atoms in total. The molecule has 132 valence electrons. The number of carbonyl (C=O) groups excluding carboxylic acids is 2. The smallest absolute Gasteiger partial charge is 0.226 e. The van der Waals surface area contributed by atoms with Crippen molar-refractivity contribution < 1.29 is 9.59 Å². The fourth-order valence-corrected chi connectivity index (χ4v) is 3.40. The first-order valence-corrected chi connectivity index (χ1v) is 8.64. The summed E-state index contributed by atoms with van der Waals surface area (Å²) in [6, 6.07) is 11.3. The molecule has 0 bridgehead atoms. The average molecular weight is 348 g/mol. The van der Waals surface area contributed by atoms with Crippen LogP contribution >= 0.6 is 0 Å². The van der Waals surface area contributed by atoms with Crippen molar-refractivity contribution in [1.29, 1.82) is 0 Å². The van der Waals surface area contributed by atoms with E-state index in [-0.39, 0.29) is 24.2 Å². The third-order valence-corrected chi connectivity index (χ3v) is 4.57. The number of para-hydroxylation sites is 1. The maximum absolute atomic E-state index is 12.9. The number of benzene rings is 2. The van der Waals surface area contributed by atoms with Gasteiger partial charge < -0.3 is 10.6 Å². The van der Waals surface area contributed by atoms with Crippen molar-refractivity contribution in [2.24, 2.45) is 7.05 Å². The van der Waals surface area contributed by atoms with Crippen LogP contribution in [0, 0.1) is 0 Å². The minimum Gasteiger partial charge on any atom is -0.380 e. The van der Waals surface area contributed by atoms with Crippen molar-refractivity contribution >= 4 is 34.0 Å². The van der Waals surface area contributed by atoms with Crippen LogP contribution in [0.4, 0.5) is 11.4 Å². The summed E-state index contributed by atoms with van der Waals surface area (Å²) in [5.41, 5.74) is 3.76. The summed E-state index contributed by atoms with van der Waals surface area (Å²) in [7, 11) is 1.88. The molecule has 1 unspecified atom stereocenters. The Morgan fingerprint density at radius 3 is 3.00 bits per heavy atom. The summed E-state index contributed by atoms with van der Waals surface area (Å²) in [5, 5.41) is 11.6. The van der Waals surface area contributed by atoms with Gasteiger partial charge in [-0.2, -0.15) is 5.10 Å². The fraction of sp³-hybridized carbons (Fsp3) is 0.250. The third kappa shape index (κ3) is 3.06. The Hall–Kier alpha value is -3.15. The number of nitrogens with zero attached hydrogens (tertiary/aromatic N) is 2. The Labute approximate surface area is 151 Å². The van der Waals surface area contributed by atoms with E-state index in [1.54, 1.807) is 16.8 Å². The minimum atomic E-state index is -0.0473. The molecular formula is C20H20N4O2. The van der Waals surface area contributed by atoms with E-state index in [0.29, 0.717) is 23.4 Å². The molecule has 1 amide bonds. The number of rotatable bonds is 3. The lowest BCUT2D eigenvalue weighted by Crippen LogP contribution is -2.19. The maximum Gasteiger partial charge on any atom is 0.226 e. The Kier molecular flexibility index (Phi) is 3.95. The highest BCUT2D eigenvalue weighted by molar-refractivity contribution is 6.07. The van der Waals surface area contributed by atoms with Crippen LogP contribution in [0.2, 0.25) is 0 Å². The van der Waals surface area contributed by atoms with Crippen molar-refractivity contribution in [3.05, 3.63) is 53.7 Å². The van der Waals surface area contributed by atoms with Crippen molar-refractivity contribution in [1.82, 2.24) is 9.78 Å². The van der Waals surface area contributed by atoms with E-state index in [0.717, 1.165) is 16.5 Å². The number of carbonyl (C=O) groups is 2. The van der Waals surface area contributed by atoms with Crippen molar-refractivity contribution in [2.75, 3.05) is 10.6 Å². The zero-order valence-corrected chi connectivity index (χ0v) is 14.7. The lowest BCUT2D eigenvalue weighted by Gasteiger charge is -2.15. The van der Waals surface area contributed by atoms with Crippen LogP contribution in [-0.4, -0.2) is 27.5 Å². The minimum absolute atomic E-state index is 0.00739. The first-order chi connectivity index (χ1) is 12.5. The summed E-state index contributed by atoms with van der Waals surface area (Å²) in [5.74, 6) is -0.0399. The third-order valence-electron chi connectivity index (χ3n) is 4.57. The fourth-order valence-electron chi connectivity index (χ4n) is 3.40. The quantitative estimate of drug-likeness (QED) is 0.713. The van der Waals surface area contributed by atoms with Gasteiger partial charge in [-0.1, -0.05) is 18.2 Å². The molecule has 1 aromatic heterocycles. The SMILES string of the molecule is CC1CC(=O)Nc2cccc(C(=O)Cc3ccc4cn(C)nc4c3)c2N1. The van der Waals surface area contributed by atoms with Gasteiger partial charge in [0.05, 0.1) is 16.9 Å². The normalized spacial score (nSPS) is 16.5. The van der Waals surface area contributed by atoms with Crippen LogP contribution in [0.5, 0.6) is 0 Å². The predicted octanol–water partition coefficient (Wildman–Crippen LogP) is 3.14. The number of aromatic nitrogens is 2. The molecule has 0 radical (unpaired) electrons. The molecule has 26 heavy (non-hydrogen) atoms. The summed E-state index contributed by atoms with van der Waals surface area (Å²) < 4.78 is 1.77. The zero-order chi connectivity index (χ0) is 18.3. The first kappa shape index (κ1) is 16.3. The number of hydrogen-bond donors (Lipinski definition) is 2. The van der Waals surface area contributed by atoms with E-state index in [1.807, 2.05) is 44.4 Å². The van der Waals surface area contributed by atoms with Crippen molar-refractivity contribution in [2.45, 2.75) is 25.8 Å². The number of nitrogens with one attached hydrogen (secondary N) is 2. The maximum atomic E-state index is 12.9. The van der Waals surface area contributed by atoms with Gasteiger partial charge in [0, 0.05) is 43.1 Å². The number of aryl methyl sites for hydroxylation is 1. The number of ketones is 1. The summed E-state index contributed by atoms with van der Waals surface area (Å²) in [4.78, 5) is 24.9. The van der Waals surface area contributed by atoms with Gasteiger partial charge in [-0.15, -0.1) is 0 Å². The molecule has 2 aromatic carbocycles. The molecule has 2 N–H and O–H groups in total. The van der Waals surface area contributed by atoms with Crippen LogP contribution in [0.1, 0.15) is 29.3 Å². The Balaban J connectivity index is 1.65. The Morgan fingerprint density at radius 2 is 2.15 bits per heavy atom. The lowest BCUT2D eigenvalue weighted by atomic mass is 9.99. The predicted molar refractivity (Wildman–Crippen MR) is 102 cm³/mol. The van der Waals surface area contributed by atoms with Crippen LogP contribution in [0.3, 0.4) is 0 Å². The highest BCUT2D eigenvalue weighted by Gasteiger charge is 2.22. The van der Waals surface area contributed by atoms with Gasteiger partial charge in [-0.3, -0.25) is 14.3 Å². The second-order valence-corrected chi connectivity index (χ2v) is 6.82. The van der Waals surface area contributed by atoms with Crippen LogP contribution in [0.25, 0.3) is 10.9 Å². The number of fused-ring (bicyclic) bond motifs is 2. The van der Waals surface area contributed by atoms with Crippen molar-refractivity contribution in [3.63, 3.8) is 0 Å². The average Bonchev–Trinajstić information content (AvgIpc) is 2.87. The first-order valence-electron chi connectivity index (χ1n) is 8.64. The molecular weight excluding hydrogens is 328 g/mol. The molecule has 3 aromatic rings. The number of amides is 1. The molecule has 1 atom stereocenters. The van der Waals surface area contributed by atoms with Crippen molar-refractivity contribution in [3.8, 4) is 0 Å². The van der Waals surface area contributed by atoms with E-state index in [9.17, 15) is 9.59 Å². The molecule has 4 rings (SSSR count). The lowest BCUT2D eigenvalue weighted by molar-refractivity contribution is -0.116. The molecule has 1 aliphatic heterocycles. The van der Waals surface area contributed by atoms with E-state index in [2.05, 4.69) is 15.7 Å². The molecule has 1 aliphatic rings. The molecule has 6 heteroatoms. The Bertz CT molecular complexity index is 1020. The van der Waals surface area contributed by atoms with Gasteiger partial charge in [-0.25, -0.2) is 0 Å². The topological polar surface area (TPSA) is 76.0 Å². The standard InChI is InChI=1S/C20H20N4O2/c1-12-8-19(26)22-16-5-3-4-15(20(16)21-12)18(25)10-13-6-7-14-11-24(2)23-17(14)9-13/h3-7,9,11-12,21H,8,10H2,1-2H3,(H,22,26). The van der Waals surface area contributed by atoms with E-state index >= 15 is 0 Å². The summed E-state index contributed by atoms with van der Waals surface area (Å²) in [6.07, 6.45) is 2.61.